The van der Waals surface area contributed by atoms with E-state index in [0.717, 1.165) is 0 Å². The summed E-state index contributed by atoms with van der Waals surface area (Å²) in [6.07, 6.45) is 0. The lowest BCUT2D eigenvalue weighted by Gasteiger charge is -1.88. The maximum absolute atomic E-state index is 11.0. The minimum Gasteiger partial charge on any atom is -0.231 e. The maximum Gasteiger partial charge on any atom is 0.493 e. The molecule has 0 unspecified atom stereocenters. The number of hydrogen-bond donors (Lipinski definition) is 2. The third kappa shape index (κ3) is 6.00. The van der Waals surface area contributed by atoms with E-state index in [1.165, 1.54) is 0 Å². The molecule has 0 atom stereocenters. The first-order valence-electron chi connectivity index (χ1n) is 1.33. The van der Waals surface area contributed by atoms with Gasteiger partial charge < -0.3 is 0 Å². The standard InChI is InChI=1S/F2H2NO3PS/c1-7(2,4)3-8(5)6/h8H,(H,3,4,5,6). The topological polar surface area (TPSA) is 63.2 Å². The van der Waals surface area contributed by atoms with E-state index in [9.17, 15) is 21.4 Å². The second kappa shape index (κ2) is 2.52. The zero-order valence-corrected chi connectivity index (χ0v) is 5.16. The third-order valence-electron chi connectivity index (χ3n) is 0.198. The zero-order chi connectivity index (χ0) is 6.78. The Bertz CT molecular complexity index is 172. The summed E-state index contributed by atoms with van der Waals surface area (Å²) in [5.41, 5.74) is 0. The number of thiol groups is 1. The fourth-order valence-corrected chi connectivity index (χ4v) is 0.855. The van der Waals surface area contributed by atoms with Crippen molar-refractivity contribution in [2.75, 3.05) is 0 Å². The van der Waals surface area contributed by atoms with E-state index in [1.807, 2.05) is 0 Å². The van der Waals surface area contributed by atoms with Crippen molar-refractivity contribution in [2.24, 2.45) is 0 Å². The molecule has 0 bridgehead atoms. The smallest absolute Gasteiger partial charge is 0.231 e. The van der Waals surface area contributed by atoms with Crippen LogP contribution in [0.3, 0.4) is 0 Å². The van der Waals surface area contributed by atoms with Crippen molar-refractivity contribution < 1.29 is 21.4 Å². The SMILES string of the molecule is O=[SH](=O)NP(=O)(F)F. The monoisotopic (exact) mass is 165 g/mol. The van der Waals surface area contributed by atoms with Crippen molar-refractivity contribution in [2.45, 2.75) is 0 Å². The van der Waals surface area contributed by atoms with Gasteiger partial charge in [0.15, 0.2) is 0 Å². The molecule has 0 spiro atoms. The molecule has 0 aliphatic heterocycles. The van der Waals surface area contributed by atoms with Crippen LogP contribution >= 0.6 is 7.91 Å². The summed E-state index contributed by atoms with van der Waals surface area (Å²) >= 11 is 0. The molecular weight excluding hydrogens is 163 g/mol. The Balaban J connectivity index is 3.94. The van der Waals surface area contributed by atoms with E-state index >= 15 is 0 Å². The van der Waals surface area contributed by atoms with E-state index in [1.54, 1.807) is 0 Å². The number of nitrogens with one attached hydrogen (secondary N) is 1. The first kappa shape index (κ1) is 8.00. The van der Waals surface area contributed by atoms with Crippen LogP contribution in [-0.4, -0.2) is 8.42 Å². The van der Waals surface area contributed by atoms with Gasteiger partial charge in [0.25, 0.3) is 0 Å². The highest BCUT2D eigenvalue weighted by molar-refractivity contribution is 7.79. The Labute approximate surface area is 45.6 Å². The van der Waals surface area contributed by atoms with Crippen LogP contribution in [0, 0.1) is 0 Å². The molecule has 8 heavy (non-hydrogen) atoms. The predicted molar refractivity (Wildman–Crippen MR) is 23.3 cm³/mol. The average molecular weight is 165 g/mol. The molecule has 0 aromatic carbocycles. The predicted octanol–water partition coefficient (Wildman–Crippen LogP) is 0.150. The van der Waals surface area contributed by atoms with Crippen LogP contribution in [0.1, 0.15) is 0 Å². The van der Waals surface area contributed by atoms with Crippen LogP contribution in [0.2, 0.25) is 0 Å². The molecule has 0 aromatic heterocycles. The van der Waals surface area contributed by atoms with Crippen LogP contribution in [-0.2, 0) is 15.5 Å². The minimum absolute atomic E-state index is 0.558. The molecule has 1 N–H and O–H groups in total. The van der Waals surface area contributed by atoms with Crippen molar-refractivity contribution in [1.82, 2.24) is 4.49 Å². The van der Waals surface area contributed by atoms with Crippen molar-refractivity contribution >= 4 is 18.8 Å². The van der Waals surface area contributed by atoms with Gasteiger partial charge in [-0.05, 0) is 0 Å². The van der Waals surface area contributed by atoms with Crippen LogP contribution in [0.25, 0.3) is 0 Å². The molecule has 4 nitrogen and oxygen atoms in total. The summed E-state index contributed by atoms with van der Waals surface area (Å²) in [5.74, 6) is 0. The van der Waals surface area contributed by atoms with Gasteiger partial charge in [0.2, 0.25) is 10.9 Å². The third-order valence-corrected chi connectivity index (χ3v) is 1.78. The van der Waals surface area contributed by atoms with E-state index in [0.29, 0.717) is 4.49 Å². The van der Waals surface area contributed by atoms with E-state index in [4.69, 9.17) is 0 Å². The van der Waals surface area contributed by atoms with Gasteiger partial charge in [-0.15, -0.1) is 12.9 Å². The van der Waals surface area contributed by atoms with Crippen LogP contribution < -0.4 is 4.49 Å². The molecule has 0 radical (unpaired) electrons. The van der Waals surface area contributed by atoms with Crippen LogP contribution in [0.5, 0.6) is 0 Å². The van der Waals surface area contributed by atoms with Gasteiger partial charge in [-0.1, -0.05) is 0 Å². The van der Waals surface area contributed by atoms with Crippen molar-refractivity contribution in [3.63, 3.8) is 0 Å². The summed E-state index contributed by atoms with van der Waals surface area (Å²) in [6.45, 7) is 0. The van der Waals surface area contributed by atoms with Crippen molar-refractivity contribution in [3.8, 4) is 0 Å². The molecule has 0 heterocycles. The molecule has 0 fully saturated rings. The molecule has 0 aliphatic rings. The number of rotatable bonds is 2. The van der Waals surface area contributed by atoms with Gasteiger partial charge in [-0.2, -0.15) is 0 Å². The number of halogens is 2. The largest absolute Gasteiger partial charge is 0.493 e. The Kier molecular flexibility index (Phi) is 2.52. The lowest BCUT2D eigenvalue weighted by molar-refractivity contribution is 0.489. The van der Waals surface area contributed by atoms with Crippen molar-refractivity contribution in [3.05, 3.63) is 0 Å². The molecule has 0 aromatic rings. The average Bonchev–Trinajstić information content (AvgIpc) is 1.21. The molecule has 0 saturated heterocycles. The highest BCUT2D eigenvalue weighted by atomic mass is 32.2. The number of hydrogen-bond acceptors (Lipinski definition) is 3. The summed E-state index contributed by atoms with van der Waals surface area (Å²) < 4.78 is 50.4. The van der Waals surface area contributed by atoms with Gasteiger partial charge in [0.05, 0.1) is 0 Å². The Morgan fingerprint density at radius 2 is 1.75 bits per heavy atom. The van der Waals surface area contributed by atoms with Crippen LogP contribution in [0.15, 0.2) is 0 Å². The molecule has 8 heteroatoms. The van der Waals surface area contributed by atoms with E-state index in [-0.39, 0.29) is 0 Å². The molecule has 0 aliphatic carbocycles. The normalized spacial score (nSPS) is 12.4. The Morgan fingerprint density at radius 1 is 1.38 bits per heavy atom. The Morgan fingerprint density at radius 3 is 1.75 bits per heavy atom. The molecule has 50 valence electrons. The van der Waals surface area contributed by atoms with E-state index in [2.05, 4.69) is 0 Å². The highest BCUT2D eigenvalue weighted by Crippen LogP contribution is 2.43. The lowest BCUT2D eigenvalue weighted by atomic mass is 13.9. The first-order valence-corrected chi connectivity index (χ1v) is 4.00. The van der Waals surface area contributed by atoms with Gasteiger partial charge in [0, 0.05) is 0 Å². The van der Waals surface area contributed by atoms with Crippen LogP contribution in [0.4, 0.5) is 8.39 Å². The molecule has 0 rings (SSSR count). The molecule has 0 amide bonds. The van der Waals surface area contributed by atoms with Gasteiger partial charge in [0.1, 0.15) is 0 Å². The maximum atomic E-state index is 11.0. The minimum atomic E-state index is -5.57. The van der Waals surface area contributed by atoms with Gasteiger partial charge in [-0.3, -0.25) is 0 Å². The van der Waals surface area contributed by atoms with E-state index < -0.39 is 18.8 Å². The van der Waals surface area contributed by atoms with Gasteiger partial charge >= 0.3 is 7.91 Å². The summed E-state index contributed by atoms with van der Waals surface area (Å²) in [4.78, 5) is 0. The highest BCUT2D eigenvalue weighted by Gasteiger charge is 2.18. The fourth-order valence-electron chi connectivity index (χ4n) is 0.0951. The summed E-state index contributed by atoms with van der Waals surface area (Å²) in [7, 11) is -9.02. The first-order chi connectivity index (χ1) is 3.42. The van der Waals surface area contributed by atoms with Gasteiger partial charge in [-0.25, -0.2) is 13.0 Å². The molecular formula is H2F2NO3PS. The summed E-state index contributed by atoms with van der Waals surface area (Å²) in [5, 5.41) is 0. The Hall–Kier alpha value is -0.0000000000000000555. The second-order valence-electron chi connectivity index (χ2n) is 0.819. The quantitative estimate of drug-likeness (QED) is 0.452. The zero-order valence-electron chi connectivity index (χ0n) is 3.38. The molecule has 0 saturated carbocycles. The second-order valence-corrected chi connectivity index (χ2v) is 3.06. The fraction of sp³-hybridized carbons (Fsp3) is 0. The summed E-state index contributed by atoms with van der Waals surface area (Å²) in [6, 6.07) is 0. The van der Waals surface area contributed by atoms with Crippen molar-refractivity contribution in [1.29, 1.82) is 0 Å². The lowest BCUT2D eigenvalue weighted by Crippen LogP contribution is -1.99.